The first-order valence-corrected chi connectivity index (χ1v) is 15.3. The molecule has 0 atom stereocenters. The van der Waals surface area contributed by atoms with Gasteiger partial charge in [0.15, 0.2) is 5.54 Å². The number of urea groups is 1. The maximum Gasteiger partial charge on any atom is 0.339 e. The van der Waals surface area contributed by atoms with Gasteiger partial charge in [-0.15, -0.1) is 0 Å². The molecule has 1 aliphatic heterocycles. The largest absolute Gasteiger partial charge is 0.379 e. The first-order valence-electron chi connectivity index (χ1n) is 12.4. The highest BCUT2D eigenvalue weighted by molar-refractivity contribution is 7.87. The second-order valence-corrected chi connectivity index (χ2v) is 12.4. The monoisotopic (exact) mass is 654 g/mol. The van der Waals surface area contributed by atoms with Crippen LogP contribution in [-0.4, -0.2) is 38.6 Å². The molecule has 0 unspecified atom stereocenters. The predicted octanol–water partition coefficient (Wildman–Crippen LogP) is 3.12. The van der Waals surface area contributed by atoms with Gasteiger partial charge in [0.05, 0.1) is 9.85 Å². The summed E-state index contributed by atoms with van der Waals surface area (Å²) >= 11 is 0. The van der Waals surface area contributed by atoms with Gasteiger partial charge in [0.25, 0.3) is 17.3 Å². The molecule has 0 saturated carbocycles. The highest BCUT2D eigenvalue weighted by Crippen LogP contribution is 2.35. The normalized spacial score (nSPS) is 14.2. The Morgan fingerprint density at radius 1 is 0.578 bits per heavy atom. The summed E-state index contributed by atoms with van der Waals surface area (Å²) in [6.07, 6.45) is 0. The third-order valence-corrected chi connectivity index (χ3v) is 9.05. The molecule has 1 fully saturated rings. The zero-order chi connectivity index (χ0) is 32.6. The average Bonchev–Trinajstić information content (AvgIpc) is 3.31. The number of nitrogens with zero attached hydrogens (tertiary/aromatic N) is 2. The van der Waals surface area contributed by atoms with Crippen LogP contribution in [0.1, 0.15) is 11.1 Å². The lowest BCUT2D eigenvalue weighted by molar-refractivity contribution is -0.385. The van der Waals surface area contributed by atoms with Gasteiger partial charge < -0.3 is 13.7 Å². The highest BCUT2D eigenvalue weighted by atomic mass is 32.2. The topological polar surface area (TPSA) is 231 Å². The maximum absolute atomic E-state index is 13.1. The summed E-state index contributed by atoms with van der Waals surface area (Å²) in [5.74, 6) is -1.20. The van der Waals surface area contributed by atoms with Crippen molar-refractivity contribution in [1.29, 1.82) is 0 Å². The van der Waals surface area contributed by atoms with E-state index < -0.39 is 47.6 Å². The second kappa shape index (κ2) is 11.3. The van der Waals surface area contributed by atoms with Crippen molar-refractivity contribution in [3.63, 3.8) is 0 Å². The molecule has 230 valence electrons. The van der Waals surface area contributed by atoms with Gasteiger partial charge in [-0.3, -0.25) is 30.3 Å². The number of nitrogens with one attached hydrogen (secondary N) is 2. The Balaban J connectivity index is 1.42. The number of nitro benzene ring substituents is 2. The van der Waals surface area contributed by atoms with E-state index >= 15 is 0 Å². The fraction of sp³-hybridized carbons (Fsp3) is 0.0370. The Bertz CT molecular complexity index is 1920. The van der Waals surface area contributed by atoms with Crippen molar-refractivity contribution < 1.29 is 44.6 Å². The van der Waals surface area contributed by atoms with Crippen LogP contribution in [0.5, 0.6) is 11.5 Å². The number of carbonyl (C=O) groups excluding carboxylic acids is 2. The van der Waals surface area contributed by atoms with Crippen molar-refractivity contribution in [2.45, 2.75) is 15.3 Å². The Labute approximate surface area is 253 Å². The minimum absolute atomic E-state index is 0.109. The first kappa shape index (κ1) is 30.6. The van der Waals surface area contributed by atoms with E-state index in [9.17, 15) is 46.7 Å². The zero-order valence-corrected chi connectivity index (χ0v) is 24.0. The molecule has 45 heavy (non-hydrogen) atoms. The fourth-order valence-corrected chi connectivity index (χ4v) is 6.23. The van der Waals surface area contributed by atoms with Crippen molar-refractivity contribution in [1.82, 2.24) is 10.6 Å². The Hall–Kier alpha value is -5.88. The van der Waals surface area contributed by atoms with Gasteiger partial charge >= 0.3 is 26.3 Å². The molecule has 0 aromatic heterocycles. The van der Waals surface area contributed by atoms with E-state index in [1.165, 1.54) is 24.3 Å². The lowest BCUT2D eigenvalue weighted by Gasteiger charge is -2.27. The molecule has 1 aliphatic rings. The quantitative estimate of drug-likeness (QED) is 0.109. The van der Waals surface area contributed by atoms with Crippen molar-refractivity contribution in [2.75, 3.05) is 0 Å². The van der Waals surface area contributed by atoms with Crippen molar-refractivity contribution in [2.24, 2.45) is 0 Å². The van der Waals surface area contributed by atoms with Gasteiger partial charge in [0, 0.05) is 24.3 Å². The lowest BCUT2D eigenvalue weighted by Crippen LogP contribution is -2.44. The summed E-state index contributed by atoms with van der Waals surface area (Å²) in [7, 11) is -8.84. The number of nitro groups is 2. The average molecular weight is 655 g/mol. The summed E-state index contributed by atoms with van der Waals surface area (Å²) in [6, 6.07) is 17.3. The third kappa shape index (κ3) is 5.99. The first-order chi connectivity index (χ1) is 21.2. The molecular weight excluding hydrogens is 636 g/mol. The summed E-state index contributed by atoms with van der Waals surface area (Å²) < 4.78 is 61.4. The molecule has 18 heteroatoms. The third-order valence-electron chi connectivity index (χ3n) is 6.53. The molecule has 3 amide bonds. The van der Waals surface area contributed by atoms with Crippen LogP contribution in [0.25, 0.3) is 0 Å². The van der Waals surface area contributed by atoms with Crippen LogP contribution < -0.4 is 19.0 Å². The van der Waals surface area contributed by atoms with E-state index in [2.05, 4.69) is 10.6 Å². The van der Waals surface area contributed by atoms with Gasteiger partial charge in [-0.05, 0) is 59.7 Å². The number of hydrogen-bond donors (Lipinski definition) is 2. The van der Waals surface area contributed by atoms with Crippen LogP contribution in [0, 0.1) is 20.2 Å². The summed E-state index contributed by atoms with van der Waals surface area (Å²) in [5.41, 5.74) is -2.21. The van der Waals surface area contributed by atoms with Crippen LogP contribution in [0.2, 0.25) is 0 Å². The second-order valence-electron chi connectivity index (χ2n) is 9.28. The van der Waals surface area contributed by atoms with E-state index in [0.29, 0.717) is 0 Å². The molecule has 0 radical (unpaired) electrons. The number of rotatable bonds is 10. The standard InChI is InChI=1S/C27H18N4O12S2/c32-25-27(29-26(33)28-25,17-1-13-23(14-2-17)44(38,39)42-21-9-5-19(6-10-21)30(34)35)18-3-15-24(16-4-18)45(40,41)43-22-11-7-20(8-12-22)31(36)37/h1-16H,(H2,28,29,32,33). The number of amides is 3. The van der Waals surface area contributed by atoms with Crippen LogP contribution in [0.15, 0.2) is 107 Å². The highest BCUT2D eigenvalue weighted by Gasteiger charge is 2.49. The predicted molar refractivity (Wildman–Crippen MR) is 152 cm³/mol. The maximum atomic E-state index is 13.1. The van der Waals surface area contributed by atoms with Gasteiger partial charge in [-0.25, -0.2) is 4.79 Å². The Kier molecular flexibility index (Phi) is 7.69. The summed E-state index contributed by atoms with van der Waals surface area (Å²) in [6.45, 7) is 0. The van der Waals surface area contributed by atoms with Gasteiger partial charge in [0.2, 0.25) is 0 Å². The van der Waals surface area contributed by atoms with E-state index in [4.69, 9.17) is 8.37 Å². The molecule has 5 rings (SSSR count). The van der Waals surface area contributed by atoms with Crippen LogP contribution >= 0.6 is 0 Å². The Morgan fingerprint density at radius 3 is 1.22 bits per heavy atom. The number of hydrogen-bond acceptors (Lipinski definition) is 12. The smallest absolute Gasteiger partial charge is 0.339 e. The minimum atomic E-state index is -4.42. The molecule has 4 aromatic rings. The summed E-state index contributed by atoms with van der Waals surface area (Å²) in [4.78, 5) is 45.0. The van der Waals surface area contributed by atoms with E-state index in [-0.39, 0.29) is 43.8 Å². The summed E-state index contributed by atoms with van der Waals surface area (Å²) in [5, 5.41) is 26.3. The number of benzene rings is 4. The van der Waals surface area contributed by atoms with Gasteiger partial charge in [-0.2, -0.15) is 16.8 Å². The Morgan fingerprint density at radius 2 is 0.933 bits per heavy atom. The minimum Gasteiger partial charge on any atom is -0.379 e. The van der Waals surface area contributed by atoms with E-state index in [1.54, 1.807) is 0 Å². The number of non-ortho nitro benzene ring substituents is 2. The molecular formula is C27H18N4O12S2. The van der Waals surface area contributed by atoms with Gasteiger partial charge in [0.1, 0.15) is 21.3 Å². The molecule has 4 aromatic carbocycles. The van der Waals surface area contributed by atoms with Crippen LogP contribution in [-0.2, 0) is 30.6 Å². The van der Waals surface area contributed by atoms with Crippen molar-refractivity contribution >= 4 is 43.5 Å². The van der Waals surface area contributed by atoms with E-state index in [0.717, 1.165) is 72.8 Å². The van der Waals surface area contributed by atoms with E-state index in [1.807, 2.05) is 0 Å². The molecule has 0 bridgehead atoms. The molecule has 0 aliphatic carbocycles. The SMILES string of the molecule is O=C1NC(=O)C(c2ccc(S(=O)(=O)Oc3ccc([N+](=O)[O-])cc3)cc2)(c2ccc(S(=O)(=O)Oc3ccc([N+](=O)[O-])cc3)cc2)N1. The fourth-order valence-electron chi connectivity index (χ4n) is 4.37. The van der Waals surface area contributed by atoms with Crippen molar-refractivity contribution in [3.05, 3.63) is 128 Å². The van der Waals surface area contributed by atoms with Crippen molar-refractivity contribution in [3.8, 4) is 11.5 Å². The van der Waals surface area contributed by atoms with Crippen LogP contribution in [0.4, 0.5) is 16.2 Å². The number of carbonyl (C=O) groups is 2. The molecule has 16 nitrogen and oxygen atoms in total. The van der Waals surface area contributed by atoms with Crippen LogP contribution in [0.3, 0.4) is 0 Å². The van der Waals surface area contributed by atoms with Gasteiger partial charge in [-0.1, -0.05) is 24.3 Å². The molecule has 1 heterocycles. The molecule has 0 spiro atoms. The molecule has 2 N–H and O–H groups in total. The zero-order valence-electron chi connectivity index (χ0n) is 22.3. The lowest BCUT2D eigenvalue weighted by atomic mass is 9.83. The number of imide groups is 1. The molecule has 1 saturated heterocycles.